The van der Waals surface area contributed by atoms with Gasteiger partial charge in [-0.2, -0.15) is 11.8 Å². The summed E-state index contributed by atoms with van der Waals surface area (Å²) in [6.07, 6.45) is 3.09. The van der Waals surface area contributed by atoms with Crippen molar-refractivity contribution in [1.82, 2.24) is 15.5 Å². The van der Waals surface area contributed by atoms with Crippen LogP contribution in [0.5, 0.6) is 5.75 Å². The summed E-state index contributed by atoms with van der Waals surface area (Å²) < 4.78 is 5.82. The topological polar surface area (TPSA) is 66.0 Å². The molecule has 1 saturated heterocycles. The molecule has 29 heavy (non-hydrogen) atoms. The summed E-state index contributed by atoms with van der Waals surface area (Å²) in [4.78, 5) is 18.5. The molecule has 1 amide bonds. The van der Waals surface area contributed by atoms with Crippen molar-refractivity contribution >= 4 is 47.6 Å². The van der Waals surface area contributed by atoms with Gasteiger partial charge in [0.05, 0.1) is 0 Å². The zero-order valence-electron chi connectivity index (χ0n) is 17.6. The highest BCUT2D eigenvalue weighted by atomic mass is 127. The largest absolute Gasteiger partial charge is 0.484 e. The average Bonchev–Trinajstić information content (AvgIpc) is 3.47. The van der Waals surface area contributed by atoms with Crippen molar-refractivity contribution in [2.45, 2.75) is 43.9 Å². The van der Waals surface area contributed by atoms with Crippen molar-refractivity contribution in [3.63, 3.8) is 0 Å². The molecule has 0 spiro atoms. The molecule has 0 atom stereocenters. The van der Waals surface area contributed by atoms with Gasteiger partial charge >= 0.3 is 0 Å². The van der Waals surface area contributed by atoms with Gasteiger partial charge in [-0.1, -0.05) is 12.1 Å². The number of amides is 1. The summed E-state index contributed by atoms with van der Waals surface area (Å²) in [6.45, 7) is 7.54. The maximum Gasteiger partial charge on any atom is 0.258 e. The van der Waals surface area contributed by atoms with Gasteiger partial charge in [0, 0.05) is 43.2 Å². The first-order chi connectivity index (χ1) is 13.4. The van der Waals surface area contributed by atoms with Crippen molar-refractivity contribution in [2.75, 3.05) is 39.0 Å². The second-order valence-corrected chi connectivity index (χ2v) is 9.83. The summed E-state index contributed by atoms with van der Waals surface area (Å²) in [7, 11) is 1.85. The van der Waals surface area contributed by atoms with E-state index in [0.717, 1.165) is 56.4 Å². The zero-order valence-corrected chi connectivity index (χ0v) is 20.7. The fourth-order valence-electron chi connectivity index (χ4n) is 3.25. The van der Waals surface area contributed by atoms with E-state index >= 15 is 0 Å². The van der Waals surface area contributed by atoms with Gasteiger partial charge in [0.1, 0.15) is 5.75 Å². The van der Waals surface area contributed by atoms with Crippen LogP contribution < -0.4 is 15.4 Å². The van der Waals surface area contributed by atoms with Gasteiger partial charge in [0.25, 0.3) is 5.91 Å². The average molecular weight is 532 g/mol. The van der Waals surface area contributed by atoms with Gasteiger partial charge < -0.3 is 20.3 Å². The number of guanidine groups is 1. The number of thioether (sulfide) groups is 1. The van der Waals surface area contributed by atoms with E-state index in [0.29, 0.717) is 6.04 Å². The molecular formula is C21H33IN4O2S. The monoisotopic (exact) mass is 532 g/mol. The molecule has 0 bridgehead atoms. The van der Waals surface area contributed by atoms with Gasteiger partial charge in [-0.05, 0) is 50.8 Å². The highest BCUT2D eigenvalue weighted by molar-refractivity contribution is 14.0. The van der Waals surface area contributed by atoms with E-state index in [4.69, 9.17) is 4.74 Å². The molecular weight excluding hydrogens is 499 g/mol. The lowest BCUT2D eigenvalue weighted by atomic mass is 10.1. The van der Waals surface area contributed by atoms with E-state index in [1.165, 1.54) is 5.56 Å². The molecule has 1 aliphatic heterocycles. The molecule has 0 unspecified atom stereocenters. The third-order valence-electron chi connectivity index (χ3n) is 4.87. The Kier molecular flexibility index (Phi) is 9.39. The third-order valence-corrected chi connectivity index (χ3v) is 6.17. The number of carbonyl (C=O) groups is 1. The van der Waals surface area contributed by atoms with Crippen LogP contribution in [0.2, 0.25) is 0 Å². The van der Waals surface area contributed by atoms with Gasteiger partial charge in [-0.3, -0.25) is 9.79 Å². The number of nitrogens with one attached hydrogen (secondary N) is 2. The molecule has 0 radical (unpaired) electrons. The highest BCUT2D eigenvalue weighted by Gasteiger charge is 2.28. The van der Waals surface area contributed by atoms with Crippen LogP contribution >= 0.6 is 35.7 Å². The van der Waals surface area contributed by atoms with E-state index in [1.807, 2.05) is 30.9 Å². The minimum atomic E-state index is -0.0403. The molecule has 1 aromatic rings. The van der Waals surface area contributed by atoms with Gasteiger partial charge in [0.2, 0.25) is 0 Å². The van der Waals surface area contributed by atoms with Crippen LogP contribution in [-0.2, 0) is 11.2 Å². The van der Waals surface area contributed by atoms with Crippen LogP contribution in [0.1, 0.15) is 32.3 Å². The zero-order chi connectivity index (χ0) is 20.0. The van der Waals surface area contributed by atoms with E-state index in [9.17, 15) is 4.79 Å². The van der Waals surface area contributed by atoms with E-state index in [1.54, 1.807) is 0 Å². The molecule has 2 fully saturated rings. The maximum atomic E-state index is 11.7. The first-order valence-electron chi connectivity index (χ1n) is 10.1. The number of carbonyl (C=O) groups excluding carboxylic acids is 1. The maximum absolute atomic E-state index is 11.7. The van der Waals surface area contributed by atoms with E-state index < -0.39 is 0 Å². The predicted octanol–water partition coefficient (Wildman–Crippen LogP) is 2.91. The standard InChI is InChI=1S/C21H32N4O2S.HI/c1-21(2)15-25(12-13-28-21)20(22-3)23-11-10-16-4-8-18(9-5-16)27-14-19(26)24-17-6-7-17;/h4-5,8-9,17H,6-7,10-15H2,1-3H3,(H,22,23)(H,24,26);1H. The van der Waals surface area contributed by atoms with Gasteiger partial charge in [0.15, 0.2) is 12.6 Å². The molecule has 1 aliphatic carbocycles. The Morgan fingerprint density at radius 1 is 1.31 bits per heavy atom. The number of halogens is 1. The smallest absolute Gasteiger partial charge is 0.258 e. The minimum Gasteiger partial charge on any atom is -0.484 e. The molecule has 8 heteroatoms. The minimum absolute atomic E-state index is 0. The lowest BCUT2D eigenvalue weighted by Crippen LogP contribution is -2.51. The van der Waals surface area contributed by atoms with Crippen LogP contribution in [0.3, 0.4) is 0 Å². The molecule has 2 N–H and O–H groups in total. The van der Waals surface area contributed by atoms with Crippen LogP contribution in [0, 0.1) is 0 Å². The Morgan fingerprint density at radius 2 is 2.03 bits per heavy atom. The van der Waals surface area contributed by atoms with Crippen LogP contribution in [0.15, 0.2) is 29.3 Å². The lowest BCUT2D eigenvalue weighted by molar-refractivity contribution is -0.123. The van der Waals surface area contributed by atoms with Crippen molar-refractivity contribution in [3.05, 3.63) is 29.8 Å². The number of hydrogen-bond acceptors (Lipinski definition) is 4. The SMILES string of the molecule is CN=C(NCCc1ccc(OCC(=O)NC2CC2)cc1)N1CCSC(C)(C)C1.I. The van der Waals surface area contributed by atoms with Crippen LogP contribution in [0.25, 0.3) is 0 Å². The molecule has 2 aliphatic rings. The Labute approximate surface area is 195 Å². The second kappa shape index (κ2) is 11.3. The number of nitrogens with zero attached hydrogens (tertiary/aromatic N) is 2. The number of hydrogen-bond donors (Lipinski definition) is 2. The highest BCUT2D eigenvalue weighted by Crippen LogP contribution is 2.29. The molecule has 162 valence electrons. The number of ether oxygens (including phenoxy) is 1. The summed E-state index contributed by atoms with van der Waals surface area (Å²) in [5.74, 6) is 2.80. The number of rotatable bonds is 7. The number of aliphatic imine (C=N–C) groups is 1. The molecule has 0 aromatic heterocycles. The Hall–Kier alpha value is -1.16. The Morgan fingerprint density at radius 3 is 2.66 bits per heavy atom. The van der Waals surface area contributed by atoms with Crippen LogP contribution in [0.4, 0.5) is 0 Å². The normalized spacial score (nSPS) is 18.6. The predicted molar refractivity (Wildman–Crippen MR) is 132 cm³/mol. The Bertz CT molecular complexity index is 692. The van der Waals surface area contributed by atoms with Crippen molar-refractivity contribution in [1.29, 1.82) is 0 Å². The second-order valence-electron chi connectivity index (χ2n) is 8.03. The summed E-state index contributed by atoms with van der Waals surface area (Å²) in [6, 6.07) is 8.34. The molecule has 1 aromatic carbocycles. The Balaban J connectivity index is 0.00000300. The first-order valence-corrected chi connectivity index (χ1v) is 11.0. The molecule has 1 saturated carbocycles. The first kappa shape index (κ1) is 24.1. The van der Waals surface area contributed by atoms with E-state index in [-0.39, 0.29) is 41.2 Å². The van der Waals surface area contributed by atoms with Crippen molar-refractivity contribution < 1.29 is 9.53 Å². The molecule has 1 heterocycles. The number of benzene rings is 1. The molecule has 6 nitrogen and oxygen atoms in total. The lowest BCUT2D eigenvalue weighted by Gasteiger charge is -2.39. The van der Waals surface area contributed by atoms with Crippen molar-refractivity contribution in [2.24, 2.45) is 4.99 Å². The summed E-state index contributed by atoms with van der Waals surface area (Å²) in [5.41, 5.74) is 1.23. The third kappa shape index (κ3) is 8.24. The van der Waals surface area contributed by atoms with Crippen molar-refractivity contribution in [3.8, 4) is 5.75 Å². The molecule has 3 rings (SSSR count). The van der Waals surface area contributed by atoms with Gasteiger partial charge in [-0.15, -0.1) is 24.0 Å². The van der Waals surface area contributed by atoms with Gasteiger partial charge in [-0.25, -0.2) is 0 Å². The summed E-state index contributed by atoms with van der Waals surface area (Å²) >= 11 is 2.02. The fourth-order valence-corrected chi connectivity index (χ4v) is 4.36. The summed E-state index contributed by atoms with van der Waals surface area (Å²) in [5, 5.41) is 6.41. The fraction of sp³-hybridized carbons (Fsp3) is 0.619. The van der Waals surface area contributed by atoms with Crippen LogP contribution in [-0.4, -0.2) is 66.6 Å². The van der Waals surface area contributed by atoms with E-state index in [2.05, 4.69) is 46.5 Å². The quantitative estimate of drug-likeness (QED) is 0.321.